The lowest BCUT2D eigenvalue weighted by atomic mass is 10.4. The highest BCUT2D eigenvalue weighted by molar-refractivity contribution is 7.80. The summed E-state index contributed by atoms with van der Waals surface area (Å²) in [5, 5.41) is 3.28. The molecule has 5 heteroatoms. The van der Waals surface area contributed by atoms with Gasteiger partial charge in [-0.2, -0.15) is 0 Å². The summed E-state index contributed by atoms with van der Waals surface area (Å²) in [6, 6.07) is 0. The van der Waals surface area contributed by atoms with Crippen LogP contribution in [0.3, 0.4) is 0 Å². The van der Waals surface area contributed by atoms with Crippen molar-refractivity contribution in [2.45, 2.75) is 0 Å². The highest BCUT2D eigenvalue weighted by Crippen LogP contribution is 2.09. The molecule has 1 aliphatic heterocycles. The van der Waals surface area contributed by atoms with Crippen LogP contribution in [0.2, 0.25) is 0 Å². The van der Waals surface area contributed by atoms with E-state index in [9.17, 15) is 4.79 Å². The van der Waals surface area contributed by atoms with E-state index in [4.69, 9.17) is 12.2 Å². The van der Waals surface area contributed by atoms with Gasteiger partial charge in [0, 0.05) is 26.8 Å². The van der Waals surface area contributed by atoms with Crippen molar-refractivity contribution in [1.82, 2.24) is 15.1 Å². The van der Waals surface area contributed by atoms with Gasteiger partial charge in [0.25, 0.3) is 5.91 Å². The van der Waals surface area contributed by atoms with Gasteiger partial charge in [0.1, 0.15) is 5.70 Å². The topological polar surface area (TPSA) is 35.6 Å². The standard InChI is InChI=1S/C9H13N3OS/c1-4-5-12-8(13)7(6-11(2)3)10-9(12)14/h4,6H,1,5H2,2-3H3,(H,10,14)/b7-6+. The molecule has 1 aliphatic rings. The monoisotopic (exact) mass is 211 g/mol. The predicted molar refractivity (Wildman–Crippen MR) is 59.4 cm³/mol. The second-order valence-electron chi connectivity index (χ2n) is 3.14. The number of carbonyl (C=O) groups excluding carboxylic acids is 1. The molecule has 0 radical (unpaired) electrons. The molecule has 0 aromatic heterocycles. The number of thiocarbonyl (C=S) groups is 1. The van der Waals surface area contributed by atoms with E-state index in [2.05, 4.69) is 11.9 Å². The van der Waals surface area contributed by atoms with Crippen LogP contribution in [0.25, 0.3) is 0 Å². The summed E-state index contributed by atoms with van der Waals surface area (Å²) >= 11 is 5.00. The van der Waals surface area contributed by atoms with Crippen molar-refractivity contribution < 1.29 is 4.79 Å². The van der Waals surface area contributed by atoms with E-state index in [1.54, 1.807) is 17.2 Å². The number of amides is 1. The second kappa shape index (κ2) is 4.23. The van der Waals surface area contributed by atoms with Crippen LogP contribution in [0.5, 0.6) is 0 Å². The predicted octanol–water partition coefficient (Wildman–Crippen LogP) is 0.292. The van der Waals surface area contributed by atoms with Crippen molar-refractivity contribution in [3.63, 3.8) is 0 Å². The van der Waals surface area contributed by atoms with Gasteiger partial charge in [-0.1, -0.05) is 6.08 Å². The maximum Gasteiger partial charge on any atom is 0.278 e. The minimum absolute atomic E-state index is 0.108. The molecular formula is C9H13N3OS. The molecule has 0 atom stereocenters. The molecule has 0 aromatic carbocycles. The summed E-state index contributed by atoms with van der Waals surface area (Å²) in [6.07, 6.45) is 3.35. The van der Waals surface area contributed by atoms with Crippen LogP contribution in [0.4, 0.5) is 0 Å². The normalized spacial score (nSPS) is 18.7. The molecule has 1 saturated heterocycles. The second-order valence-corrected chi connectivity index (χ2v) is 3.53. The third kappa shape index (κ3) is 2.11. The summed E-state index contributed by atoms with van der Waals surface area (Å²) in [5.74, 6) is -0.108. The van der Waals surface area contributed by atoms with Crippen molar-refractivity contribution >= 4 is 23.2 Å². The van der Waals surface area contributed by atoms with E-state index in [0.717, 1.165) is 0 Å². The van der Waals surface area contributed by atoms with Crippen LogP contribution in [0.1, 0.15) is 0 Å². The highest BCUT2D eigenvalue weighted by atomic mass is 32.1. The molecule has 1 heterocycles. The van der Waals surface area contributed by atoms with E-state index in [1.807, 2.05) is 14.1 Å². The molecule has 76 valence electrons. The average molecular weight is 211 g/mol. The lowest BCUT2D eigenvalue weighted by Gasteiger charge is -2.09. The minimum Gasteiger partial charge on any atom is -0.382 e. The van der Waals surface area contributed by atoms with Crippen LogP contribution in [0.15, 0.2) is 24.6 Å². The van der Waals surface area contributed by atoms with Crippen LogP contribution >= 0.6 is 12.2 Å². The summed E-state index contributed by atoms with van der Waals surface area (Å²) in [7, 11) is 3.70. The molecule has 1 rings (SSSR count). The first-order valence-electron chi connectivity index (χ1n) is 4.18. The number of rotatable bonds is 3. The Morgan fingerprint density at radius 2 is 2.29 bits per heavy atom. The largest absolute Gasteiger partial charge is 0.382 e. The zero-order valence-corrected chi connectivity index (χ0v) is 9.10. The highest BCUT2D eigenvalue weighted by Gasteiger charge is 2.29. The molecule has 0 spiro atoms. The molecule has 0 unspecified atom stereocenters. The molecular weight excluding hydrogens is 198 g/mol. The van der Waals surface area contributed by atoms with Crippen molar-refractivity contribution in [2.24, 2.45) is 0 Å². The van der Waals surface area contributed by atoms with Crippen molar-refractivity contribution in [1.29, 1.82) is 0 Å². The van der Waals surface area contributed by atoms with Gasteiger partial charge in [-0.05, 0) is 12.2 Å². The molecule has 0 saturated carbocycles. The smallest absolute Gasteiger partial charge is 0.278 e. The van der Waals surface area contributed by atoms with Crippen molar-refractivity contribution in [3.8, 4) is 0 Å². The Bertz CT molecular complexity index is 309. The van der Waals surface area contributed by atoms with Gasteiger partial charge in [-0.15, -0.1) is 6.58 Å². The minimum atomic E-state index is -0.108. The van der Waals surface area contributed by atoms with E-state index in [-0.39, 0.29) is 5.91 Å². The fraction of sp³-hybridized carbons (Fsp3) is 0.333. The lowest BCUT2D eigenvalue weighted by molar-refractivity contribution is -0.122. The molecule has 1 amide bonds. The SMILES string of the molecule is C=CCN1C(=O)/C(=C\N(C)C)NC1=S. The Labute approximate surface area is 88.9 Å². The van der Waals surface area contributed by atoms with Gasteiger partial charge < -0.3 is 10.2 Å². The molecule has 14 heavy (non-hydrogen) atoms. The summed E-state index contributed by atoms with van der Waals surface area (Å²) < 4.78 is 0. The van der Waals surface area contributed by atoms with Crippen LogP contribution in [-0.4, -0.2) is 41.5 Å². The fourth-order valence-corrected chi connectivity index (χ4v) is 1.38. The molecule has 1 N–H and O–H groups in total. The first kappa shape index (κ1) is 10.7. The molecule has 0 aliphatic carbocycles. The fourth-order valence-electron chi connectivity index (χ4n) is 1.11. The third-order valence-electron chi connectivity index (χ3n) is 1.66. The van der Waals surface area contributed by atoms with Crippen LogP contribution < -0.4 is 5.32 Å². The number of nitrogens with zero attached hydrogens (tertiary/aromatic N) is 2. The van der Waals surface area contributed by atoms with E-state index in [0.29, 0.717) is 17.4 Å². The first-order chi connectivity index (χ1) is 6.56. The summed E-state index contributed by atoms with van der Waals surface area (Å²) in [6.45, 7) is 4.01. The van der Waals surface area contributed by atoms with Crippen molar-refractivity contribution in [3.05, 3.63) is 24.6 Å². The number of nitrogens with one attached hydrogen (secondary N) is 1. The number of hydrogen-bond donors (Lipinski definition) is 1. The molecule has 4 nitrogen and oxygen atoms in total. The van der Waals surface area contributed by atoms with Gasteiger partial charge in [-0.25, -0.2) is 0 Å². The molecule has 0 bridgehead atoms. The summed E-state index contributed by atoms with van der Waals surface area (Å²) in [4.78, 5) is 14.9. The first-order valence-corrected chi connectivity index (χ1v) is 4.59. The average Bonchev–Trinajstić information content (AvgIpc) is 2.32. The Balaban J connectivity index is 2.84. The van der Waals surface area contributed by atoms with E-state index in [1.165, 1.54) is 4.90 Å². The Hall–Kier alpha value is -1.36. The zero-order chi connectivity index (χ0) is 10.7. The maximum absolute atomic E-state index is 11.7. The maximum atomic E-state index is 11.7. The quantitative estimate of drug-likeness (QED) is 0.413. The van der Waals surface area contributed by atoms with Gasteiger partial charge in [-0.3, -0.25) is 9.69 Å². The van der Waals surface area contributed by atoms with Gasteiger partial charge in [0.05, 0.1) is 0 Å². The zero-order valence-electron chi connectivity index (χ0n) is 8.28. The van der Waals surface area contributed by atoms with Crippen LogP contribution in [-0.2, 0) is 4.79 Å². The number of hydrogen-bond acceptors (Lipinski definition) is 3. The van der Waals surface area contributed by atoms with Gasteiger partial charge >= 0.3 is 0 Å². The van der Waals surface area contributed by atoms with E-state index >= 15 is 0 Å². The van der Waals surface area contributed by atoms with Gasteiger partial charge in [0.2, 0.25) is 0 Å². The lowest BCUT2D eigenvalue weighted by Crippen LogP contribution is -2.30. The Morgan fingerprint density at radius 1 is 1.64 bits per heavy atom. The Kier molecular flexibility index (Phi) is 3.24. The van der Waals surface area contributed by atoms with E-state index < -0.39 is 0 Å². The molecule has 1 fully saturated rings. The van der Waals surface area contributed by atoms with Gasteiger partial charge in [0.15, 0.2) is 5.11 Å². The van der Waals surface area contributed by atoms with Crippen LogP contribution in [0, 0.1) is 0 Å². The van der Waals surface area contributed by atoms with Crippen molar-refractivity contribution in [2.75, 3.05) is 20.6 Å². The molecule has 0 aromatic rings. The third-order valence-corrected chi connectivity index (χ3v) is 1.98. The number of carbonyl (C=O) groups is 1. The summed E-state index contributed by atoms with van der Waals surface area (Å²) in [5.41, 5.74) is 0.502. The Morgan fingerprint density at radius 3 is 2.79 bits per heavy atom.